The smallest absolute Gasteiger partial charge is 0.255 e. The minimum absolute atomic E-state index is 0.00487. The van der Waals surface area contributed by atoms with Crippen LogP contribution in [0.4, 0.5) is 11.4 Å². The van der Waals surface area contributed by atoms with E-state index in [0.717, 1.165) is 32.4 Å². The Balaban J connectivity index is 1.77. The van der Waals surface area contributed by atoms with Gasteiger partial charge < -0.3 is 10.2 Å². The van der Waals surface area contributed by atoms with Crippen molar-refractivity contribution in [2.24, 2.45) is 0 Å². The van der Waals surface area contributed by atoms with Crippen LogP contribution in [0.1, 0.15) is 53.8 Å². The number of carbonyl (C=O) groups excluding carboxylic acids is 2. The molecule has 0 aliphatic carbocycles. The molecule has 2 amide bonds. The summed E-state index contributed by atoms with van der Waals surface area (Å²) in [5.41, 5.74) is 1.84. The Bertz CT molecular complexity index is 1030. The lowest BCUT2D eigenvalue weighted by atomic mass is 10.1. The normalized spacial score (nSPS) is 14.2. The van der Waals surface area contributed by atoms with Crippen molar-refractivity contribution in [2.75, 3.05) is 35.0 Å². The topological polar surface area (TPSA) is 86.8 Å². The second kappa shape index (κ2) is 9.96. The van der Waals surface area contributed by atoms with Gasteiger partial charge in [-0.15, -0.1) is 0 Å². The molecular formula is C23H29N3O4S. The van der Waals surface area contributed by atoms with Gasteiger partial charge >= 0.3 is 0 Å². The minimum atomic E-state index is -3.38. The summed E-state index contributed by atoms with van der Waals surface area (Å²) in [6.45, 7) is 5.15. The number of piperidine rings is 1. The number of anilines is 2. The van der Waals surface area contributed by atoms with Crippen LogP contribution in [0, 0.1) is 0 Å². The number of hydrogen-bond donors (Lipinski definition) is 1. The quantitative estimate of drug-likeness (QED) is 0.706. The molecule has 2 aromatic rings. The van der Waals surface area contributed by atoms with Gasteiger partial charge in [-0.2, -0.15) is 0 Å². The van der Waals surface area contributed by atoms with E-state index in [1.165, 1.54) is 4.31 Å². The fraction of sp³-hybridized carbons (Fsp3) is 0.391. The maximum Gasteiger partial charge on any atom is 0.255 e. The lowest BCUT2D eigenvalue weighted by molar-refractivity contribution is 0.0725. The van der Waals surface area contributed by atoms with Gasteiger partial charge in [0.05, 0.1) is 22.7 Å². The van der Waals surface area contributed by atoms with Crippen LogP contribution in [0.25, 0.3) is 0 Å². The number of benzene rings is 2. The molecular weight excluding hydrogens is 414 g/mol. The summed E-state index contributed by atoms with van der Waals surface area (Å²) in [4.78, 5) is 27.6. The summed E-state index contributed by atoms with van der Waals surface area (Å²) in [6.07, 6.45) is 3.12. The molecule has 7 nitrogen and oxygen atoms in total. The third-order valence-corrected chi connectivity index (χ3v) is 7.32. The van der Waals surface area contributed by atoms with E-state index >= 15 is 0 Å². The zero-order chi connectivity index (χ0) is 22.4. The van der Waals surface area contributed by atoms with E-state index in [2.05, 4.69) is 5.32 Å². The Morgan fingerprint density at radius 3 is 2.23 bits per heavy atom. The summed E-state index contributed by atoms with van der Waals surface area (Å²) in [7, 11) is -3.38. The van der Waals surface area contributed by atoms with Crippen LogP contribution in [0.2, 0.25) is 0 Å². The molecule has 8 heteroatoms. The lowest BCUT2D eigenvalue weighted by Crippen LogP contribution is -2.36. The summed E-state index contributed by atoms with van der Waals surface area (Å²) in [5, 5.41) is 2.83. The zero-order valence-electron chi connectivity index (χ0n) is 18.0. The molecule has 0 atom stereocenters. The second-order valence-electron chi connectivity index (χ2n) is 7.46. The van der Waals surface area contributed by atoms with Crippen LogP contribution in [0.3, 0.4) is 0 Å². The standard InChI is InChI=1S/C23H29N3O4S/c1-3-26(31(29,30)4-2)19-14-12-18(13-15-19)22(27)24-21-11-7-6-10-20(21)23(28)25-16-8-5-9-17-25/h6-7,10-15H,3-5,8-9,16-17H2,1-2H3,(H,24,27). The van der Waals surface area contributed by atoms with Crippen molar-refractivity contribution in [3.05, 3.63) is 59.7 Å². The van der Waals surface area contributed by atoms with Crippen molar-refractivity contribution in [1.29, 1.82) is 0 Å². The van der Waals surface area contributed by atoms with Crippen LogP contribution >= 0.6 is 0 Å². The van der Waals surface area contributed by atoms with Crippen molar-refractivity contribution in [1.82, 2.24) is 4.90 Å². The molecule has 1 saturated heterocycles. The Morgan fingerprint density at radius 1 is 0.968 bits per heavy atom. The third kappa shape index (κ3) is 5.25. The van der Waals surface area contributed by atoms with Gasteiger partial charge in [-0.3, -0.25) is 13.9 Å². The Hall–Kier alpha value is -2.87. The molecule has 3 rings (SSSR count). The van der Waals surface area contributed by atoms with Gasteiger partial charge in [-0.25, -0.2) is 8.42 Å². The van der Waals surface area contributed by atoms with Gasteiger partial charge in [0.1, 0.15) is 0 Å². The average molecular weight is 444 g/mol. The number of likely N-dealkylation sites (tertiary alicyclic amines) is 1. The van der Waals surface area contributed by atoms with E-state index in [4.69, 9.17) is 0 Å². The highest BCUT2D eigenvalue weighted by molar-refractivity contribution is 7.92. The maximum absolute atomic E-state index is 12.9. The van der Waals surface area contributed by atoms with Gasteiger partial charge in [0.2, 0.25) is 10.0 Å². The van der Waals surface area contributed by atoms with E-state index in [0.29, 0.717) is 29.0 Å². The molecule has 1 aliphatic heterocycles. The summed E-state index contributed by atoms with van der Waals surface area (Å²) >= 11 is 0. The molecule has 2 aromatic carbocycles. The van der Waals surface area contributed by atoms with E-state index in [9.17, 15) is 18.0 Å². The van der Waals surface area contributed by atoms with Crippen LogP contribution in [-0.4, -0.2) is 50.5 Å². The highest BCUT2D eigenvalue weighted by Gasteiger charge is 2.22. The molecule has 0 saturated carbocycles. The summed E-state index contributed by atoms with van der Waals surface area (Å²) < 4.78 is 25.8. The van der Waals surface area contributed by atoms with Crippen LogP contribution in [0.15, 0.2) is 48.5 Å². The fourth-order valence-corrected chi connectivity index (χ4v) is 4.86. The van der Waals surface area contributed by atoms with Gasteiger partial charge in [-0.05, 0) is 69.5 Å². The highest BCUT2D eigenvalue weighted by Crippen LogP contribution is 2.22. The van der Waals surface area contributed by atoms with Gasteiger partial charge in [0.25, 0.3) is 11.8 Å². The van der Waals surface area contributed by atoms with Crippen molar-refractivity contribution >= 4 is 33.2 Å². The van der Waals surface area contributed by atoms with Crippen LogP contribution < -0.4 is 9.62 Å². The number of sulfonamides is 1. The van der Waals surface area contributed by atoms with Crippen LogP contribution in [-0.2, 0) is 10.0 Å². The molecule has 31 heavy (non-hydrogen) atoms. The molecule has 1 aliphatic rings. The van der Waals surface area contributed by atoms with Crippen molar-refractivity contribution < 1.29 is 18.0 Å². The van der Waals surface area contributed by atoms with Crippen molar-refractivity contribution in [3.63, 3.8) is 0 Å². The zero-order valence-corrected chi connectivity index (χ0v) is 18.8. The number of hydrogen-bond acceptors (Lipinski definition) is 4. The van der Waals surface area contributed by atoms with E-state index in [1.807, 2.05) is 4.90 Å². The fourth-order valence-electron chi connectivity index (χ4n) is 3.72. The first kappa shape index (κ1) is 22.8. The Kier molecular flexibility index (Phi) is 7.33. The Labute approximate surface area is 184 Å². The molecule has 0 bridgehead atoms. The first-order valence-corrected chi connectivity index (χ1v) is 12.3. The number of rotatable bonds is 7. The minimum Gasteiger partial charge on any atom is -0.339 e. The molecule has 1 N–H and O–H groups in total. The molecule has 0 spiro atoms. The first-order chi connectivity index (χ1) is 14.9. The summed E-state index contributed by atoms with van der Waals surface area (Å²) in [6, 6.07) is 13.4. The van der Waals surface area contributed by atoms with E-state index in [-0.39, 0.29) is 17.6 Å². The summed E-state index contributed by atoms with van der Waals surface area (Å²) in [5.74, 6) is -0.425. The Morgan fingerprint density at radius 2 is 1.61 bits per heavy atom. The molecule has 0 radical (unpaired) electrons. The number of amides is 2. The maximum atomic E-state index is 12.9. The molecule has 0 aromatic heterocycles. The molecule has 166 valence electrons. The average Bonchev–Trinajstić information content (AvgIpc) is 2.80. The molecule has 1 fully saturated rings. The number of carbonyl (C=O) groups is 2. The monoisotopic (exact) mass is 443 g/mol. The predicted molar refractivity (Wildman–Crippen MR) is 123 cm³/mol. The predicted octanol–water partition coefficient (Wildman–Crippen LogP) is 3.74. The van der Waals surface area contributed by atoms with Crippen molar-refractivity contribution in [3.8, 4) is 0 Å². The lowest BCUT2D eigenvalue weighted by Gasteiger charge is -2.27. The van der Waals surface area contributed by atoms with E-state index < -0.39 is 10.0 Å². The largest absolute Gasteiger partial charge is 0.339 e. The number of nitrogens with one attached hydrogen (secondary N) is 1. The van der Waals surface area contributed by atoms with Gasteiger partial charge in [0.15, 0.2) is 0 Å². The SMILES string of the molecule is CCN(c1ccc(C(=O)Nc2ccccc2C(=O)N2CCCCC2)cc1)S(=O)(=O)CC. The van der Waals surface area contributed by atoms with Gasteiger partial charge in [-0.1, -0.05) is 12.1 Å². The van der Waals surface area contributed by atoms with Crippen molar-refractivity contribution in [2.45, 2.75) is 33.1 Å². The third-order valence-electron chi connectivity index (χ3n) is 5.45. The molecule has 1 heterocycles. The number of para-hydroxylation sites is 1. The van der Waals surface area contributed by atoms with E-state index in [1.54, 1.807) is 62.4 Å². The number of nitrogens with zero attached hydrogens (tertiary/aromatic N) is 2. The molecule has 0 unspecified atom stereocenters. The highest BCUT2D eigenvalue weighted by atomic mass is 32.2. The van der Waals surface area contributed by atoms with Crippen LogP contribution in [0.5, 0.6) is 0 Å². The van der Waals surface area contributed by atoms with Gasteiger partial charge in [0, 0.05) is 25.2 Å². The first-order valence-electron chi connectivity index (χ1n) is 10.7. The second-order valence-corrected chi connectivity index (χ2v) is 9.65.